The number of H-pyrrole nitrogens is 1. The number of aromatic nitrogens is 5. The molecule has 110 valence electrons. The van der Waals surface area contributed by atoms with Gasteiger partial charge in [-0.1, -0.05) is 0 Å². The molecule has 2 aromatic rings. The number of ether oxygens (including phenoxy) is 1. The third-order valence-electron chi connectivity index (χ3n) is 4.38. The number of likely N-dealkylation sites (tertiary alicyclic amines) is 1. The number of carbonyl (C=O) groups excluding carboxylic acids is 1. The molecule has 2 aliphatic rings. The molecule has 4 rings (SSSR count). The largest absolute Gasteiger partial charge is 0.371 e. The summed E-state index contributed by atoms with van der Waals surface area (Å²) in [6.45, 7) is 1.99. The first kappa shape index (κ1) is 12.5. The van der Waals surface area contributed by atoms with E-state index in [1.165, 1.54) is 0 Å². The van der Waals surface area contributed by atoms with Crippen LogP contribution in [0, 0.1) is 0 Å². The molecule has 0 radical (unpaired) electrons. The summed E-state index contributed by atoms with van der Waals surface area (Å²) in [4.78, 5) is 14.2. The third kappa shape index (κ3) is 2.11. The molecule has 0 aliphatic carbocycles. The van der Waals surface area contributed by atoms with Crippen LogP contribution in [0.25, 0.3) is 0 Å². The van der Waals surface area contributed by atoms with Gasteiger partial charge < -0.3 is 14.2 Å². The van der Waals surface area contributed by atoms with Crippen molar-refractivity contribution in [1.29, 1.82) is 0 Å². The molecule has 0 bridgehead atoms. The highest BCUT2D eigenvalue weighted by molar-refractivity contribution is 5.92. The Morgan fingerprint density at radius 3 is 3.05 bits per heavy atom. The molecule has 2 saturated heterocycles. The fourth-order valence-corrected chi connectivity index (χ4v) is 3.26. The van der Waals surface area contributed by atoms with Gasteiger partial charge in [-0.3, -0.25) is 9.89 Å². The lowest BCUT2D eigenvalue weighted by atomic mass is 9.97. The summed E-state index contributed by atoms with van der Waals surface area (Å²) in [7, 11) is 0. The molecule has 8 nitrogen and oxygen atoms in total. The fraction of sp³-hybridized carbons (Fsp3) is 0.538. The molecule has 1 N–H and O–H groups in total. The zero-order valence-electron chi connectivity index (χ0n) is 11.5. The van der Waals surface area contributed by atoms with E-state index in [-0.39, 0.29) is 17.6 Å². The van der Waals surface area contributed by atoms with Gasteiger partial charge in [0.25, 0.3) is 5.91 Å². The number of nitrogens with zero attached hydrogens (tertiary/aromatic N) is 5. The predicted octanol–water partition coefficient (Wildman–Crippen LogP) is 0.247. The summed E-state index contributed by atoms with van der Waals surface area (Å²) in [6, 6.07) is 1.95. The maximum absolute atomic E-state index is 12.3. The highest BCUT2D eigenvalue weighted by Crippen LogP contribution is 2.39. The van der Waals surface area contributed by atoms with E-state index in [4.69, 9.17) is 4.74 Å². The van der Waals surface area contributed by atoms with Crippen molar-refractivity contribution in [2.75, 3.05) is 19.7 Å². The van der Waals surface area contributed by atoms with Crippen LogP contribution in [0.1, 0.15) is 29.4 Å². The summed E-state index contributed by atoms with van der Waals surface area (Å²) in [5.41, 5.74) is 0.297. The first-order valence-electron chi connectivity index (χ1n) is 7.02. The van der Waals surface area contributed by atoms with Crippen LogP contribution in [0.4, 0.5) is 0 Å². The molecule has 2 fully saturated rings. The van der Waals surface area contributed by atoms with E-state index in [2.05, 4.69) is 20.4 Å². The maximum atomic E-state index is 12.3. The minimum absolute atomic E-state index is 0.0132. The van der Waals surface area contributed by atoms with E-state index in [9.17, 15) is 4.79 Å². The first-order chi connectivity index (χ1) is 10.3. The maximum Gasteiger partial charge on any atom is 0.271 e. The summed E-state index contributed by atoms with van der Waals surface area (Å²) in [5.74, 6) is -0.0132. The Morgan fingerprint density at radius 1 is 1.43 bits per heavy atom. The Labute approximate surface area is 121 Å². The zero-order chi connectivity index (χ0) is 14.3. The monoisotopic (exact) mass is 288 g/mol. The van der Waals surface area contributed by atoms with Crippen LogP contribution < -0.4 is 0 Å². The van der Waals surface area contributed by atoms with E-state index in [0.29, 0.717) is 25.4 Å². The average Bonchev–Trinajstić information content (AvgIpc) is 3.29. The van der Waals surface area contributed by atoms with Gasteiger partial charge in [-0.15, -0.1) is 10.2 Å². The quantitative estimate of drug-likeness (QED) is 0.855. The highest BCUT2D eigenvalue weighted by Gasteiger charge is 2.47. The Bertz CT molecular complexity index is 625. The van der Waals surface area contributed by atoms with E-state index in [0.717, 1.165) is 12.8 Å². The molecule has 2 unspecified atom stereocenters. The van der Waals surface area contributed by atoms with Gasteiger partial charge in [0.05, 0.1) is 24.8 Å². The highest BCUT2D eigenvalue weighted by atomic mass is 16.5. The van der Waals surface area contributed by atoms with Crippen molar-refractivity contribution in [2.24, 2.45) is 0 Å². The van der Waals surface area contributed by atoms with Crippen LogP contribution in [0.5, 0.6) is 0 Å². The number of aromatic amines is 1. The van der Waals surface area contributed by atoms with Gasteiger partial charge in [-0.25, -0.2) is 0 Å². The smallest absolute Gasteiger partial charge is 0.271 e. The minimum atomic E-state index is -0.232. The lowest BCUT2D eigenvalue weighted by Gasteiger charge is -2.23. The molecule has 21 heavy (non-hydrogen) atoms. The fourth-order valence-electron chi connectivity index (χ4n) is 3.26. The Balaban J connectivity index is 1.46. The molecule has 8 heteroatoms. The molecule has 0 aromatic carbocycles. The third-order valence-corrected chi connectivity index (χ3v) is 4.38. The van der Waals surface area contributed by atoms with Crippen molar-refractivity contribution in [3.05, 3.63) is 30.6 Å². The van der Waals surface area contributed by atoms with Gasteiger partial charge in [-0.05, 0) is 12.5 Å². The number of rotatable bonds is 2. The van der Waals surface area contributed by atoms with Crippen molar-refractivity contribution in [1.82, 2.24) is 29.9 Å². The second-order valence-corrected chi connectivity index (χ2v) is 5.71. The molecule has 4 heterocycles. The number of carbonyl (C=O) groups is 1. The van der Waals surface area contributed by atoms with Gasteiger partial charge in [-0.2, -0.15) is 5.10 Å². The van der Waals surface area contributed by atoms with Crippen molar-refractivity contribution in [3.63, 3.8) is 0 Å². The van der Waals surface area contributed by atoms with Crippen molar-refractivity contribution < 1.29 is 9.53 Å². The number of hydrogen-bond donors (Lipinski definition) is 1. The summed E-state index contributed by atoms with van der Waals surface area (Å²) in [6.07, 6.45) is 6.78. The van der Waals surface area contributed by atoms with E-state index in [1.54, 1.807) is 24.9 Å². The molecule has 1 spiro atoms. The van der Waals surface area contributed by atoms with E-state index >= 15 is 0 Å². The summed E-state index contributed by atoms with van der Waals surface area (Å²) >= 11 is 0. The summed E-state index contributed by atoms with van der Waals surface area (Å²) < 4.78 is 8.02. The number of hydrogen-bond acceptors (Lipinski definition) is 5. The van der Waals surface area contributed by atoms with E-state index < -0.39 is 0 Å². The van der Waals surface area contributed by atoms with Crippen LogP contribution in [0.15, 0.2) is 24.9 Å². The number of nitrogens with one attached hydrogen (secondary N) is 1. The molecule has 2 aromatic heterocycles. The van der Waals surface area contributed by atoms with Crippen LogP contribution in [-0.4, -0.2) is 61.1 Å². The van der Waals surface area contributed by atoms with Gasteiger partial charge in [0, 0.05) is 19.2 Å². The van der Waals surface area contributed by atoms with Crippen molar-refractivity contribution in [2.45, 2.75) is 24.5 Å². The standard InChI is InChI=1S/C13H16N6O2/c20-12(11-1-3-14-17-11)18-4-2-13(7-18)5-10(6-21-13)19-8-15-16-9-19/h1,3,8-10H,2,4-7H2,(H,14,17). The second kappa shape index (κ2) is 4.66. The Morgan fingerprint density at radius 2 is 2.29 bits per heavy atom. The minimum Gasteiger partial charge on any atom is -0.371 e. The Hall–Kier alpha value is -2.22. The normalized spacial score (nSPS) is 28.6. The summed E-state index contributed by atoms with van der Waals surface area (Å²) in [5, 5.41) is 14.2. The molecular weight excluding hydrogens is 272 g/mol. The van der Waals surface area contributed by atoms with Gasteiger partial charge in [0.2, 0.25) is 0 Å². The van der Waals surface area contributed by atoms with E-state index in [1.807, 2.05) is 9.47 Å². The molecule has 0 saturated carbocycles. The average molecular weight is 288 g/mol. The molecule has 1 amide bonds. The van der Waals surface area contributed by atoms with Crippen molar-refractivity contribution in [3.8, 4) is 0 Å². The van der Waals surface area contributed by atoms with Crippen LogP contribution >= 0.6 is 0 Å². The number of amides is 1. The predicted molar refractivity (Wildman–Crippen MR) is 71.5 cm³/mol. The lowest BCUT2D eigenvalue weighted by molar-refractivity contribution is 0.0117. The topological polar surface area (TPSA) is 88.9 Å². The molecular formula is C13H16N6O2. The first-order valence-corrected chi connectivity index (χ1v) is 7.02. The molecule has 2 atom stereocenters. The van der Waals surface area contributed by atoms with Crippen LogP contribution in [0.2, 0.25) is 0 Å². The SMILES string of the molecule is O=C(c1ccn[nH]1)N1CCC2(CC(n3cnnc3)CO2)C1. The van der Waals surface area contributed by atoms with Gasteiger partial charge in [0.1, 0.15) is 18.3 Å². The zero-order valence-corrected chi connectivity index (χ0v) is 11.5. The second-order valence-electron chi connectivity index (χ2n) is 5.71. The van der Waals surface area contributed by atoms with Crippen molar-refractivity contribution >= 4 is 5.91 Å². The van der Waals surface area contributed by atoms with Crippen LogP contribution in [-0.2, 0) is 4.74 Å². The lowest BCUT2D eigenvalue weighted by Crippen LogP contribution is -2.36. The van der Waals surface area contributed by atoms with Gasteiger partial charge in [0.15, 0.2) is 0 Å². The molecule has 2 aliphatic heterocycles. The Kier molecular flexibility index (Phi) is 2.78. The van der Waals surface area contributed by atoms with Gasteiger partial charge >= 0.3 is 0 Å². The van der Waals surface area contributed by atoms with Crippen LogP contribution in [0.3, 0.4) is 0 Å².